The molecule has 2 rings (SSSR count). The van der Waals surface area contributed by atoms with Crippen molar-refractivity contribution in [2.24, 2.45) is 7.05 Å². The first-order valence-corrected chi connectivity index (χ1v) is 6.64. The van der Waals surface area contributed by atoms with Gasteiger partial charge in [0.1, 0.15) is 11.8 Å². The van der Waals surface area contributed by atoms with Crippen LogP contribution < -0.4 is 10.1 Å². The van der Waals surface area contributed by atoms with Crippen molar-refractivity contribution in [3.63, 3.8) is 0 Å². The zero-order valence-corrected chi connectivity index (χ0v) is 12.5. The van der Waals surface area contributed by atoms with Gasteiger partial charge < -0.3 is 10.1 Å². The average molecular weight is 298 g/mol. The number of hydrogen-bond acceptors (Lipinski definition) is 3. The first-order chi connectivity index (χ1) is 9.52. The van der Waals surface area contributed by atoms with Crippen molar-refractivity contribution in [3.8, 4) is 5.75 Å². The van der Waals surface area contributed by atoms with Gasteiger partial charge in [-0.3, -0.25) is 4.68 Å². The van der Waals surface area contributed by atoms with Gasteiger partial charge in [0.25, 0.3) is 0 Å². The summed E-state index contributed by atoms with van der Waals surface area (Å²) in [6.07, 6.45) is 0. The molecule has 0 fully saturated rings. The number of rotatable bonds is 5. The Morgan fingerprint density at radius 1 is 1.45 bits per heavy atom. The zero-order chi connectivity index (χ0) is 14.7. The summed E-state index contributed by atoms with van der Waals surface area (Å²) in [5.74, 6) is -0.167. The number of ether oxygens (including phenoxy) is 1. The van der Waals surface area contributed by atoms with E-state index in [1.165, 1.54) is 6.07 Å². The fourth-order valence-electron chi connectivity index (χ4n) is 1.96. The highest BCUT2D eigenvalue weighted by Crippen LogP contribution is 2.23. The second-order valence-electron chi connectivity index (χ2n) is 4.56. The Morgan fingerprint density at radius 3 is 2.75 bits per heavy atom. The molecular formula is C14H17ClFN3O. The van der Waals surface area contributed by atoms with Gasteiger partial charge >= 0.3 is 0 Å². The highest BCUT2D eigenvalue weighted by atomic mass is 35.5. The molecule has 1 N–H and O–H groups in total. The summed E-state index contributed by atoms with van der Waals surface area (Å²) < 4.78 is 20.9. The molecule has 20 heavy (non-hydrogen) atoms. The lowest BCUT2D eigenvalue weighted by Crippen LogP contribution is -2.06. The van der Waals surface area contributed by atoms with Gasteiger partial charge in [-0.25, -0.2) is 4.39 Å². The van der Waals surface area contributed by atoms with E-state index in [4.69, 9.17) is 16.3 Å². The largest absolute Gasteiger partial charge is 0.486 e. The fraction of sp³-hybridized carbons (Fsp3) is 0.357. The number of nitrogens with zero attached hydrogens (tertiary/aromatic N) is 2. The summed E-state index contributed by atoms with van der Waals surface area (Å²) in [6.45, 7) is 2.66. The van der Waals surface area contributed by atoms with Gasteiger partial charge in [-0.2, -0.15) is 5.10 Å². The molecule has 0 spiro atoms. The summed E-state index contributed by atoms with van der Waals surface area (Å²) >= 11 is 6.10. The Bertz CT molecular complexity index is 613. The van der Waals surface area contributed by atoms with E-state index in [1.54, 1.807) is 17.8 Å². The summed E-state index contributed by atoms with van der Waals surface area (Å²) in [7, 11) is 3.57. The molecule has 2 aromatic rings. The van der Waals surface area contributed by atoms with Crippen LogP contribution in [0.15, 0.2) is 18.2 Å². The second kappa shape index (κ2) is 6.24. The summed E-state index contributed by atoms with van der Waals surface area (Å²) in [5.41, 5.74) is 2.42. The van der Waals surface area contributed by atoms with E-state index < -0.39 is 0 Å². The van der Waals surface area contributed by atoms with Crippen LogP contribution in [0.2, 0.25) is 5.15 Å². The van der Waals surface area contributed by atoms with E-state index in [1.807, 2.05) is 20.0 Å². The number of hydrogen-bond donors (Lipinski definition) is 1. The molecule has 0 saturated heterocycles. The third-order valence-corrected chi connectivity index (χ3v) is 3.49. The SMILES string of the molecule is CNCc1ccc(OCc2c(C)nn(C)c2Cl)c(F)c1. The van der Waals surface area contributed by atoms with E-state index in [0.717, 1.165) is 16.8 Å². The molecule has 0 amide bonds. The maximum Gasteiger partial charge on any atom is 0.165 e. The molecule has 4 nitrogen and oxygen atoms in total. The third kappa shape index (κ3) is 3.11. The number of benzene rings is 1. The normalized spacial score (nSPS) is 10.8. The summed E-state index contributed by atoms with van der Waals surface area (Å²) in [6, 6.07) is 4.91. The third-order valence-electron chi connectivity index (χ3n) is 3.02. The number of aryl methyl sites for hydroxylation is 2. The lowest BCUT2D eigenvalue weighted by atomic mass is 10.2. The number of aromatic nitrogens is 2. The predicted molar refractivity (Wildman–Crippen MR) is 76.5 cm³/mol. The summed E-state index contributed by atoms with van der Waals surface area (Å²) in [4.78, 5) is 0. The molecule has 108 valence electrons. The Labute approximate surface area is 122 Å². The van der Waals surface area contributed by atoms with Gasteiger partial charge in [-0.15, -0.1) is 0 Å². The minimum Gasteiger partial charge on any atom is -0.486 e. The van der Waals surface area contributed by atoms with Crippen LogP contribution in [0.3, 0.4) is 0 Å². The van der Waals surface area contributed by atoms with Crippen LogP contribution in [0.1, 0.15) is 16.8 Å². The Morgan fingerprint density at radius 2 is 2.20 bits per heavy atom. The van der Waals surface area contributed by atoms with Gasteiger partial charge in [0, 0.05) is 19.2 Å². The van der Waals surface area contributed by atoms with Gasteiger partial charge in [0.05, 0.1) is 5.69 Å². The topological polar surface area (TPSA) is 39.1 Å². The zero-order valence-electron chi connectivity index (χ0n) is 11.7. The molecule has 6 heteroatoms. The van der Waals surface area contributed by atoms with Crippen LogP contribution in [0, 0.1) is 12.7 Å². The monoisotopic (exact) mass is 297 g/mol. The van der Waals surface area contributed by atoms with Crippen LogP contribution in [0.5, 0.6) is 5.75 Å². The molecule has 0 radical (unpaired) electrons. The minimum atomic E-state index is -0.379. The standard InChI is InChI=1S/C14H17ClFN3O/c1-9-11(14(15)19(3)18-9)8-20-13-5-4-10(7-17-2)6-12(13)16/h4-6,17H,7-8H2,1-3H3. The average Bonchev–Trinajstić information content (AvgIpc) is 2.64. The van der Waals surface area contributed by atoms with Crippen LogP contribution in [0.25, 0.3) is 0 Å². The second-order valence-corrected chi connectivity index (χ2v) is 4.92. The molecule has 0 aliphatic rings. The lowest BCUT2D eigenvalue weighted by Gasteiger charge is -2.08. The van der Waals surface area contributed by atoms with Crippen LogP contribution in [0.4, 0.5) is 4.39 Å². The van der Waals surface area contributed by atoms with Crippen molar-refractivity contribution in [3.05, 3.63) is 46.0 Å². The van der Waals surface area contributed by atoms with Crippen molar-refractivity contribution in [1.82, 2.24) is 15.1 Å². The van der Waals surface area contributed by atoms with Crippen molar-refractivity contribution in [2.45, 2.75) is 20.1 Å². The van der Waals surface area contributed by atoms with Crippen molar-refractivity contribution < 1.29 is 9.13 Å². The van der Waals surface area contributed by atoms with Crippen LogP contribution in [-0.4, -0.2) is 16.8 Å². The first kappa shape index (κ1) is 14.8. The van der Waals surface area contributed by atoms with Crippen molar-refractivity contribution in [2.75, 3.05) is 7.05 Å². The predicted octanol–water partition coefficient (Wildman–Crippen LogP) is 2.82. The number of nitrogens with one attached hydrogen (secondary N) is 1. The minimum absolute atomic E-state index is 0.195. The maximum absolute atomic E-state index is 13.9. The molecule has 1 aromatic carbocycles. The van der Waals surface area contributed by atoms with Gasteiger partial charge in [0.2, 0.25) is 0 Å². The molecule has 0 unspecified atom stereocenters. The quantitative estimate of drug-likeness (QED) is 0.922. The molecule has 1 aromatic heterocycles. The summed E-state index contributed by atoms with van der Waals surface area (Å²) in [5, 5.41) is 7.67. The van der Waals surface area contributed by atoms with Crippen LogP contribution in [-0.2, 0) is 20.2 Å². The van der Waals surface area contributed by atoms with Crippen molar-refractivity contribution in [1.29, 1.82) is 0 Å². The molecule has 0 bridgehead atoms. The molecule has 0 aliphatic heterocycles. The maximum atomic E-state index is 13.9. The van der Waals surface area contributed by atoms with Gasteiger partial charge in [-0.1, -0.05) is 17.7 Å². The molecular weight excluding hydrogens is 281 g/mol. The molecule has 0 saturated carbocycles. The number of halogens is 2. The first-order valence-electron chi connectivity index (χ1n) is 6.26. The smallest absolute Gasteiger partial charge is 0.165 e. The molecule has 0 atom stereocenters. The fourth-order valence-corrected chi connectivity index (χ4v) is 2.19. The van der Waals surface area contributed by atoms with E-state index in [2.05, 4.69) is 10.4 Å². The van der Waals surface area contributed by atoms with Crippen molar-refractivity contribution >= 4 is 11.6 Å². The van der Waals surface area contributed by atoms with E-state index in [0.29, 0.717) is 11.7 Å². The van der Waals surface area contributed by atoms with Gasteiger partial charge in [-0.05, 0) is 31.7 Å². The Balaban J connectivity index is 2.11. The van der Waals surface area contributed by atoms with Gasteiger partial charge in [0.15, 0.2) is 11.6 Å². The Kier molecular flexibility index (Phi) is 4.62. The molecule has 0 aliphatic carbocycles. The van der Waals surface area contributed by atoms with E-state index in [-0.39, 0.29) is 18.2 Å². The highest BCUT2D eigenvalue weighted by Gasteiger charge is 2.13. The Hall–Kier alpha value is -1.59. The van der Waals surface area contributed by atoms with Crippen LogP contribution >= 0.6 is 11.6 Å². The lowest BCUT2D eigenvalue weighted by molar-refractivity contribution is 0.289. The highest BCUT2D eigenvalue weighted by molar-refractivity contribution is 6.30. The van der Waals surface area contributed by atoms with E-state index >= 15 is 0 Å². The molecule has 1 heterocycles. The van der Waals surface area contributed by atoms with E-state index in [9.17, 15) is 4.39 Å².